The minimum absolute atomic E-state index is 0.332. The van der Waals surface area contributed by atoms with Crippen LogP contribution in [0.15, 0.2) is 24.4 Å². The molecule has 0 aromatic carbocycles. The maximum absolute atomic E-state index is 12.1. The van der Waals surface area contributed by atoms with Crippen molar-refractivity contribution in [3.8, 4) is 0 Å². The van der Waals surface area contributed by atoms with E-state index in [0.29, 0.717) is 31.6 Å². The van der Waals surface area contributed by atoms with Gasteiger partial charge in [0, 0.05) is 19.3 Å². The number of amides is 1. The monoisotopic (exact) mass is 306 g/mol. The maximum atomic E-state index is 12.1. The topological polar surface area (TPSA) is 79.7 Å². The van der Waals surface area contributed by atoms with E-state index in [1.807, 2.05) is 20.8 Å². The summed E-state index contributed by atoms with van der Waals surface area (Å²) in [5, 5.41) is 9.68. The third kappa shape index (κ3) is 3.37. The first-order valence-electron chi connectivity index (χ1n) is 7.37. The van der Waals surface area contributed by atoms with Gasteiger partial charge in [0.2, 0.25) is 0 Å². The number of rotatable bonds is 2. The second-order valence-corrected chi connectivity index (χ2v) is 6.57. The van der Waals surface area contributed by atoms with E-state index in [4.69, 9.17) is 4.74 Å². The van der Waals surface area contributed by atoms with Crippen LogP contribution in [0.2, 0.25) is 0 Å². The van der Waals surface area contributed by atoms with Gasteiger partial charge < -0.3 is 14.7 Å². The Balaban J connectivity index is 2.11. The fourth-order valence-electron chi connectivity index (χ4n) is 2.62. The first-order chi connectivity index (χ1) is 10.2. The molecule has 6 nitrogen and oxygen atoms in total. The summed E-state index contributed by atoms with van der Waals surface area (Å²) in [7, 11) is 0. The molecule has 0 radical (unpaired) electrons. The lowest BCUT2D eigenvalue weighted by Gasteiger charge is -2.38. The minimum atomic E-state index is -1.03. The summed E-state index contributed by atoms with van der Waals surface area (Å²) in [6.45, 7) is 6.12. The Bertz CT molecular complexity index is 543. The Morgan fingerprint density at radius 2 is 1.91 bits per heavy atom. The largest absolute Gasteiger partial charge is 0.481 e. The van der Waals surface area contributed by atoms with E-state index in [9.17, 15) is 14.7 Å². The Labute approximate surface area is 130 Å². The van der Waals surface area contributed by atoms with Crippen molar-refractivity contribution >= 4 is 12.1 Å². The van der Waals surface area contributed by atoms with Crippen LogP contribution in [-0.4, -0.2) is 45.7 Å². The summed E-state index contributed by atoms with van der Waals surface area (Å²) < 4.78 is 5.34. The highest BCUT2D eigenvalue weighted by Gasteiger charge is 2.45. The summed E-state index contributed by atoms with van der Waals surface area (Å²) in [5.74, 6) is -0.893. The lowest BCUT2D eigenvalue weighted by Crippen LogP contribution is -2.50. The molecule has 22 heavy (non-hydrogen) atoms. The molecular formula is C16H22N2O4. The maximum Gasteiger partial charge on any atom is 0.410 e. The van der Waals surface area contributed by atoms with Gasteiger partial charge in [-0.1, -0.05) is 6.07 Å². The Kier molecular flexibility index (Phi) is 4.39. The van der Waals surface area contributed by atoms with E-state index in [-0.39, 0.29) is 0 Å². The lowest BCUT2D eigenvalue weighted by atomic mass is 9.75. The average molecular weight is 306 g/mol. The van der Waals surface area contributed by atoms with E-state index in [1.54, 1.807) is 29.3 Å². The molecule has 6 heteroatoms. The molecule has 1 fully saturated rings. The number of carbonyl (C=O) groups is 2. The summed E-state index contributed by atoms with van der Waals surface area (Å²) >= 11 is 0. The van der Waals surface area contributed by atoms with Crippen LogP contribution in [0.5, 0.6) is 0 Å². The van der Waals surface area contributed by atoms with Crippen molar-refractivity contribution in [2.45, 2.75) is 44.6 Å². The third-order valence-electron chi connectivity index (χ3n) is 3.83. The molecular weight excluding hydrogens is 284 g/mol. The summed E-state index contributed by atoms with van der Waals surface area (Å²) in [6, 6.07) is 5.28. The van der Waals surface area contributed by atoms with Gasteiger partial charge in [-0.25, -0.2) is 4.79 Å². The zero-order valence-electron chi connectivity index (χ0n) is 13.2. The predicted octanol–water partition coefficient (Wildman–Crippen LogP) is 2.43. The number of piperidine rings is 1. The molecule has 2 heterocycles. The highest BCUT2D eigenvalue weighted by Crippen LogP contribution is 2.35. The molecule has 0 saturated carbocycles. The van der Waals surface area contributed by atoms with Crippen molar-refractivity contribution in [3.63, 3.8) is 0 Å². The molecule has 1 aliphatic heterocycles. The molecule has 0 spiro atoms. The van der Waals surface area contributed by atoms with Gasteiger partial charge in [-0.15, -0.1) is 0 Å². The molecule has 2 rings (SSSR count). The molecule has 0 unspecified atom stereocenters. The molecule has 1 N–H and O–H groups in total. The van der Waals surface area contributed by atoms with Gasteiger partial charge in [0.05, 0.1) is 5.69 Å². The van der Waals surface area contributed by atoms with Crippen molar-refractivity contribution < 1.29 is 19.4 Å². The molecule has 0 atom stereocenters. The van der Waals surface area contributed by atoms with Gasteiger partial charge in [-0.2, -0.15) is 0 Å². The first kappa shape index (κ1) is 16.3. The van der Waals surface area contributed by atoms with E-state index < -0.39 is 23.1 Å². The molecule has 1 saturated heterocycles. The second kappa shape index (κ2) is 5.94. The minimum Gasteiger partial charge on any atom is -0.481 e. The molecule has 1 amide bonds. The average Bonchev–Trinajstić information content (AvgIpc) is 2.46. The van der Waals surface area contributed by atoms with E-state index in [0.717, 1.165) is 0 Å². The summed E-state index contributed by atoms with van der Waals surface area (Å²) in [4.78, 5) is 29.7. The number of hydrogen-bond acceptors (Lipinski definition) is 4. The molecule has 120 valence electrons. The van der Waals surface area contributed by atoms with Crippen molar-refractivity contribution in [1.29, 1.82) is 0 Å². The number of ether oxygens (including phenoxy) is 1. The van der Waals surface area contributed by atoms with Gasteiger partial charge in [-0.05, 0) is 45.7 Å². The Hall–Kier alpha value is -2.11. The highest BCUT2D eigenvalue weighted by atomic mass is 16.6. The van der Waals surface area contributed by atoms with Crippen LogP contribution < -0.4 is 0 Å². The number of pyridine rings is 1. The normalized spacial score (nSPS) is 17.9. The molecule has 1 aliphatic rings. The molecule has 1 aromatic rings. The number of carboxylic acid groups (broad SMARTS) is 1. The first-order valence-corrected chi connectivity index (χ1v) is 7.37. The standard InChI is InChI=1S/C16H22N2O4/c1-15(2,3)22-14(21)18-10-7-16(8-11-18,13(19)20)12-6-4-5-9-17-12/h4-6,9H,7-8,10-11H2,1-3H3,(H,19,20). The molecule has 0 aliphatic carbocycles. The summed E-state index contributed by atoms with van der Waals surface area (Å²) in [6.07, 6.45) is 1.87. The molecule has 0 bridgehead atoms. The lowest BCUT2D eigenvalue weighted by molar-refractivity contribution is -0.146. The number of carbonyl (C=O) groups excluding carboxylic acids is 1. The van der Waals surface area contributed by atoms with Crippen LogP contribution in [-0.2, 0) is 14.9 Å². The van der Waals surface area contributed by atoms with E-state index in [2.05, 4.69) is 4.98 Å². The van der Waals surface area contributed by atoms with Crippen molar-refractivity contribution in [2.75, 3.05) is 13.1 Å². The van der Waals surface area contributed by atoms with Gasteiger partial charge >= 0.3 is 12.1 Å². The fraction of sp³-hybridized carbons (Fsp3) is 0.562. The molecule has 1 aromatic heterocycles. The van der Waals surface area contributed by atoms with Crippen molar-refractivity contribution in [1.82, 2.24) is 9.88 Å². The zero-order chi connectivity index (χ0) is 16.4. The zero-order valence-corrected chi connectivity index (χ0v) is 13.2. The fourth-order valence-corrected chi connectivity index (χ4v) is 2.62. The Morgan fingerprint density at radius 3 is 2.36 bits per heavy atom. The van der Waals surface area contributed by atoms with E-state index in [1.165, 1.54) is 0 Å². The quantitative estimate of drug-likeness (QED) is 0.907. The van der Waals surface area contributed by atoms with Crippen molar-refractivity contribution in [3.05, 3.63) is 30.1 Å². The summed E-state index contributed by atoms with van der Waals surface area (Å²) in [5.41, 5.74) is -1.04. The van der Waals surface area contributed by atoms with Crippen LogP contribution in [0, 0.1) is 0 Å². The van der Waals surface area contributed by atoms with Crippen LogP contribution in [0.25, 0.3) is 0 Å². The number of aliphatic carboxylic acids is 1. The second-order valence-electron chi connectivity index (χ2n) is 6.57. The van der Waals surface area contributed by atoms with Gasteiger partial charge in [0.15, 0.2) is 0 Å². The van der Waals surface area contributed by atoms with Gasteiger partial charge in [0.1, 0.15) is 11.0 Å². The smallest absolute Gasteiger partial charge is 0.410 e. The van der Waals surface area contributed by atoms with Crippen LogP contribution in [0.1, 0.15) is 39.3 Å². The van der Waals surface area contributed by atoms with Gasteiger partial charge in [-0.3, -0.25) is 9.78 Å². The van der Waals surface area contributed by atoms with E-state index >= 15 is 0 Å². The number of hydrogen-bond donors (Lipinski definition) is 1. The van der Waals surface area contributed by atoms with Crippen LogP contribution >= 0.6 is 0 Å². The number of aromatic nitrogens is 1. The third-order valence-corrected chi connectivity index (χ3v) is 3.83. The number of nitrogens with zero attached hydrogens (tertiary/aromatic N) is 2. The van der Waals surface area contributed by atoms with Crippen LogP contribution in [0.3, 0.4) is 0 Å². The van der Waals surface area contributed by atoms with Crippen molar-refractivity contribution in [2.24, 2.45) is 0 Å². The van der Waals surface area contributed by atoms with Gasteiger partial charge in [0.25, 0.3) is 0 Å². The number of carboxylic acids is 1. The Morgan fingerprint density at radius 1 is 1.27 bits per heavy atom. The highest BCUT2D eigenvalue weighted by molar-refractivity contribution is 5.81. The number of likely N-dealkylation sites (tertiary alicyclic amines) is 1. The predicted molar refractivity (Wildman–Crippen MR) is 80.6 cm³/mol. The SMILES string of the molecule is CC(C)(C)OC(=O)N1CCC(C(=O)O)(c2ccccn2)CC1. The van der Waals surface area contributed by atoms with Crippen LogP contribution in [0.4, 0.5) is 4.79 Å².